The normalized spacial score (nSPS) is 14.8. The van der Waals surface area contributed by atoms with E-state index in [0.717, 1.165) is 0 Å². The Balaban J connectivity index is 2.88. The summed E-state index contributed by atoms with van der Waals surface area (Å²) in [5.74, 6) is 0.746. The number of hydrogen-bond donors (Lipinski definition) is 0. The van der Waals surface area contributed by atoms with E-state index in [4.69, 9.17) is 0 Å². The van der Waals surface area contributed by atoms with Gasteiger partial charge in [0.25, 0.3) is 0 Å². The van der Waals surface area contributed by atoms with Crippen molar-refractivity contribution >= 4 is 21.6 Å². The maximum Gasteiger partial charge on any atom is 0.305 e. The summed E-state index contributed by atoms with van der Waals surface area (Å²) >= 11 is 3.41. The van der Waals surface area contributed by atoms with Gasteiger partial charge in [0, 0.05) is 10.7 Å². The zero-order valence-corrected chi connectivity index (χ0v) is 9.43. The molecule has 0 aliphatic rings. The van der Waals surface area contributed by atoms with Gasteiger partial charge in [0.1, 0.15) is 18.2 Å². The van der Waals surface area contributed by atoms with E-state index in [1.807, 2.05) is 13.8 Å². The molecule has 0 spiro atoms. The number of nitrogens with zero attached hydrogens (tertiary/aromatic N) is 3. The second-order valence-corrected chi connectivity index (χ2v) is 4.47. The Labute approximate surface area is 89.9 Å². The van der Waals surface area contributed by atoms with Gasteiger partial charge in [-0.1, -0.05) is 29.8 Å². The minimum Gasteiger partial charge on any atom is -0.258 e. The van der Waals surface area contributed by atoms with Gasteiger partial charge >= 0.3 is 5.69 Å². The van der Waals surface area contributed by atoms with E-state index in [1.54, 1.807) is 0 Å². The lowest BCUT2D eigenvalue weighted by atomic mass is 10.1. The Morgan fingerprint density at radius 2 is 1.93 bits per heavy atom. The van der Waals surface area contributed by atoms with Crippen molar-refractivity contribution in [2.45, 2.75) is 24.6 Å². The second-order valence-electron chi connectivity index (χ2n) is 3.02. The monoisotopic (exact) mass is 259 g/mol. The summed E-state index contributed by atoms with van der Waals surface area (Å²) in [5.41, 5.74) is -0.0804. The Hall–Kier alpha value is -1.04. The highest BCUT2D eigenvalue weighted by Gasteiger charge is 2.15. The van der Waals surface area contributed by atoms with Crippen LogP contribution < -0.4 is 0 Å². The molecule has 1 rings (SSSR count). The number of hydrogen-bond acceptors (Lipinski definition) is 4. The molecule has 1 aromatic rings. The van der Waals surface area contributed by atoms with Crippen LogP contribution in [0.15, 0.2) is 12.4 Å². The highest BCUT2D eigenvalue weighted by atomic mass is 79.9. The summed E-state index contributed by atoms with van der Waals surface area (Å²) in [5, 5.41) is 10.3. The molecule has 0 fully saturated rings. The van der Waals surface area contributed by atoms with E-state index < -0.39 is 4.92 Å². The second kappa shape index (κ2) is 4.45. The summed E-state index contributed by atoms with van der Waals surface area (Å²) in [4.78, 5) is 17.9. The minimum absolute atomic E-state index is 0.0804. The van der Waals surface area contributed by atoms with Crippen LogP contribution in [0.4, 0.5) is 5.69 Å². The molecule has 1 aromatic heterocycles. The molecule has 14 heavy (non-hydrogen) atoms. The van der Waals surface area contributed by atoms with E-state index in [1.165, 1.54) is 12.4 Å². The SMILES string of the molecule is CC(Br)C(C)c1ncc([N+](=O)[O-])cn1. The fraction of sp³-hybridized carbons (Fsp3) is 0.500. The first-order chi connectivity index (χ1) is 6.52. The van der Waals surface area contributed by atoms with Gasteiger partial charge in [-0.2, -0.15) is 0 Å². The first-order valence-electron chi connectivity index (χ1n) is 4.12. The summed E-state index contributed by atoms with van der Waals surface area (Å²) < 4.78 is 0. The van der Waals surface area contributed by atoms with Gasteiger partial charge < -0.3 is 0 Å². The van der Waals surface area contributed by atoms with Crippen LogP contribution in [0.3, 0.4) is 0 Å². The molecule has 0 amide bonds. The Morgan fingerprint density at radius 1 is 1.43 bits per heavy atom. The van der Waals surface area contributed by atoms with Gasteiger partial charge in [-0.05, 0) is 0 Å². The maximum atomic E-state index is 10.3. The molecule has 0 bridgehead atoms. The highest BCUT2D eigenvalue weighted by Crippen LogP contribution is 2.21. The van der Waals surface area contributed by atoms with Gasteiger partial charge in [0.15, 0.2) is 0 Å². The molecule has 0 saturated carbocycles. The number of rotatable bonds is 3. The van der Waals surface area contributed by atoms with Crippen molar-refractivity contribution in [1.29, 1.82) is 0 Å². The maximum absolute atomic E-state index is 10.3. The summed E-state index contributed by atoms with van der Waals surface area (Å²) in [6, 6.07) is 0. The molecular formula is C8H10BrN3O2. The molecular weight excluding hydrogens is 250 g/mol. The first-order valence-corrected chi connectivity index (χ1v) is 5.04. The molecule has 2 unspecified atom stereocenters. The standard InChI is InChI=1S/C8H10BrN3O2/c1-5(6(2)9)8-10-3-7(4-11-8)12(13)14/h3-6H,1-2H3. The third-order valence-corrected chi connectivity index (χ3v) is 2.76. The highest BCUT2D eigenvalue weighted by molar-refractivity contribution is 9.09. The Kier molecular flexibility index (Phi) is 3.51. The van der Waals surface area contributed by atoms with E-state index in [2.05, 4.69) is 25.9 Å². The van der Waals surface area contributed by atoms with Crippen molar-refractivity contribution in [1.82, 2.24) is 9.97 Å². The zero-order chi connectivity index (χ0) is 10.7. The van der Waals surface area contributed by atoms with Crippen LogP contribution in [-0.4, -0.2) is 19.7 Å². The van der Waals surface area contributed by atoms with Crippen molar-refractivity contribution in [2.24, 2.45) is 0 Å². The Bertz CT molecular complexity index is 326. The van der Waals surface area contributed by atoms with Crippen LogP contribution in [0.25, 0.3) is 0 Å². The molecule has 0 aromatic carbocycles. The predicted molar refractivity (Wildman–Crippen MR) is 55.5 cm³/mol. The molecule has 1 heterocycles. The zero-order valence-electron chi connectivity index (χ0n) is 7.85. The molecule has 5 nitrogen and oxygen atoms in total. The van der Waals surface area contributed by atoms with Crippen LogP contribution in [0.1, 0.15) is 25.6 Å². The topological polar surface area (TPSA) is 68.9 Å². The lowest BCUT2D eigenvalue weighted by Crippen LogP contribution is -2.09. The summed E-state index contributed by atoms with van der Waals surface area (Å²) in [6.07, 6.45) is 2.46. The van der Waals surface area contributed by atoms with Crippen LogP contribution in [0.5, 0.6) is 0 Å². The van der Waals surface area contributed by atoms with Crippen LogP contribution >= 0.6 is 15.9 Å². The fourth-order valence-corrected chi connectivity index (χ4v) is 1.10. The lowest BCUT2D eigenvalue weighted by Gasteiger charge is -2.11. The van der Waals surface area contributed by atoms with Gasteiger partial charge in [-0.3, -0.25) is 10.1 Å². The van der Waals surface area contributed by atoms with Crippen LogP contribution in [-0.2, 0) is 0 Å². The molecule has 0 N–H and O–H groups in total. The molecule has 0 aliphatic heterocycles. The van der Waals surface area contributed by atoms with Gasteiger partial charge in [-0.25, -0.2) is 9.97 Å². The van der Waals surface area contributed by atoms with E-state index >= 15 is 0 Å². The Morgan fingerprint density at radius 3 is 2.29 bits per heavy atom. The number of alkyl halides is 1. The number of aromatic nitrogens is 2. The van der Waals surface area contributed by atoms with Crippen molar-refractivity contribution in [3.05, 3.63) is 28.3 Å². The van der Waals surface area contributed by atoms with E-state index in [0.29, 0.717) is 5.82 Å². The largest absolute Gasteiger partial charge is 0.305 e. The average molecular weight is 260 g/mol. The lowest BCUT2D eigenvalue weighted by molar-refractivity contribution is -0.385. The molecule has 0 saturated heterocycles. The van der Waals surface area contributed by atoms with Crippen molar-refractivity contribution in [3.63, 3.8) is 0 Å². The van der Waals surface area contributed by atoms with Gasteiger partial charge in [-0.15, -0.1) is 0 Å². The minimum atomic E-state index is -0.508. The van der Waals surface area contributed by atoms with Crippen molar-refractivity contribution < 1.29 is 4.92 Å². The van der Waals surface area contributed by atoms with Gasteiger partial charge in [0.05, 0.1) is 4.92 Å². The van der Waals surface area contributed by atoms with Crippen molar-refractivity contribution in [3.8, 4) is 0 Å². The summed E-state index contributed by atoms with van der Waals surface area (Å²) in [6.45, 7) is 3.94. The molecule has 0 aliphatic carbocycles. The van der Waals surface area contributed by atoms with Gasteiger partial charge in [0.2, 0.25) is 0 Å². The first kappa shape index (κ1) is 11.0. The quantitative estimate of drug-likeness (QED) is 0.475. The third-order valence-electron chi connectivity index (χ3n) is 1.97. The molecule has 2 atom stereocenters. The summed E-state index contributed by atoms with van der Waals surface area (Å²) in [7, 11) is 0. The third kappa shape index (κ3) is 2.47. The smallest absolute Gasteiger partial charge is 0.258 e. The fourth-order valence-electron chi connectivity index (χ4n) is 0.866. The predicted octanol–water partition coefficient (Wildman–Crippen LogP) is 2.27. The molecule has 0 radical (unpaired) electrons. The average Bonchev–Trinajstić information content (AvgIpc) is 2.16. The molecule has 6 heteroatoms. The van der Waals surface area contributed by atoms with E-state index in [-0.39, 0.29) is 16.4 Å². The molecule has 76 valence electrons. The van der Waals surface area contributed by atoms with E-state index in [9.17, 15) is 10.1 Å². The van der Waals surface area contributed by atoms with Crippen LogP contribution in [0, 0.1) is 10.1 Å². The van der Waals surface area contributed by atoms with Crippen molar-refractivity contribution in [2.75, 3.05) is 0 Å². The number of halogens is 1. The van der Waals surface area contributed by atoms with Crippen LogP contribution in [0.2, 0.25) is 0 Å². The number of nitro groups is 1.